The lowest BCUT2D eigenvalue weighted by molar-refractivity contribution is -0.143. The SMILES string of the molecule is CNC(=O)[C@@](C)(C(=O)CO)N(C)C(=O)c1ccc(C#Cc2ccc(CCN3CCC(OC)CC3)cc2)cc1. The number of amides is 2. The predicted molar refractivity (Wildman–Crippen MR) is 146 cm³/mol. The lowest BCUT2D eigenvalue weighted by atomic mass is 9.92. The molecule has 0 saturated carbocycles. The van der Waals surface area contributed by atoms with Gasteiger partial charge in [0.05, 0.1) is 6.10 Å². The molecule has 8 heteroatoms. The standard InChI is InChI=1S/C30H37N3O5/c1-30(27(35)21-34,29(37)31-2)32(3)28(36)25-13-11-23(12-14-25)6-5-22-7-9-24(10-8-22)15-18-33-19-16-26(38-4)17-20-33/h7-14,26,34H,15-21H2,1-4H3,(H,31,37)/t30-/m1/s1. The maximum Gasteiger partial charge on any atom is 0.254 e. The number of aliphatic hydroxyl groups excluding tert-OH is 1. The number of aliphatic hydroxyl groups is 1. The van der Waals surface area contributed by atoms with Crippen LogP contribution in [0.2, 0.25) is 0 Å². The van der Waals surface area contributed by atoms with Gasteiger partial charge < -0.3 is 25.0 Å². The monoisotopic (exact) mass is 519 g/mol. The summed E-state index contributed by atoms with van der Waals surface area (Å²) in [5.41, 5.74) is 1.38. The molecule has 1 fully saturated rings. The van der Waals surface area contributed by atoms with E-state index in [1.54, 1.807) is 31.4 Å². The van der Waals surface area contributed by atoms with Crippen molar-refractivity contribution in [3.05, 3.63) is 70.8 Å². The van der Waals surface area contributed by atoms with Crippen molar-refractivity contribution in [2.45, 2.75) is 37.8 Å². The van der Waals surface area contributed by atoms with Crippen LogP contribution in [0.4, 0.5) is 0 Å². The van der Waals surface area contributed by atoms with E-state index in [1.807, 2.05) is 12.1 Å². The maximum atomic E-state index is 13.0. The summed E-state index contributed by atoms with van der Waals surface area (Å²) in [6.07, 6.45) is 3.58. The van der Waals surface area contributed by atoms with E-state index >= 15 is 0 Å². The molecule has 3 rings (SSSR count). The first-order valence-corrected chi connectivity index (χ1v) is 12.8. The summed E-state index contributed by atoms with van der Waals surface area (Å²) >= 11 is 0. The van der Waals surface area contributed by atoms with Crippen molar-refractivity contribution >= 4 is 17.6 Å². The second-order valence-electron chi connectivity index (χ2n) is 9.65. The van der Waals surface area contributed by atoms with Gasteiger partial charge in [0, 0.05) is 57.5 Å². The highest BCUT2D eigenvalue weighted by atomic mass is 16.5. The van der Waals surface area contributed by atoms with E-state index in [0.29, 0.717) is 11.7 Å². The molecule has 0 radical (unpaired) electrons. The minimum absolute atomic E-state index is 0.301. The van der Waals surface area contributed by atoms with Crippen LogP contribution in [0.25, 0.3) is 0 Å². The summed E-state index contributed by atoms with van der Waals surface area (Å²) in [5, 5.41) is 11.7. The number of ether oxygens (including phenoxy) is 1. The number of hydrogen-bond donors (Lipinski definition) is 2. The molecule has 202 valence electrons. The molecule has 8 nitrogen and oxygen atoms in total. The number of carbonyl (C=O) groups excluding carboxylic acids is 3. The number of likely N-dealkylation sites (tertiary alicyclic amines) is 1. The number of rotatable bonds is 9. The van der Waals surface area contributed by atoms with Gasteiger partial charge in [-0.05, 0) is 68.1 Å². The molecular weight excluding hydrogens is 482 g/mol. The molecule has 2 N–H and O–H groups in total. The zero-order valence-electron chi connectivity index (χ0n) is 22.6. The summed E-state index contributed by atoms with van der Waals surface area (Å²) in [6, 6.07) is 14.9. The van der Waals surface area contributed by atoms with Gasteiger partial charge in [0.2, 0.25) is 0 Å². The molecule has 0 aliphatic carbocycles. The van der Waals surface area contributed by atoms with Crippen LogP contribution in [-0.2, 0) is 20.7 Å². The third-order valence-corrected chi connectivity index (χ3v) is 7.35. The molecule has 0 aromatic heterocycles. The summed E-state index contributed by atoms with van der Waals surface area (Å²) in [4.78, 5) is 41.2. The summed E-state index contributed by atoms with van der Waals surface area (Å²) < 4.78 is 5.44. The highest BCUT2D eigenvalue weighted by molar-refractivity contribution is 6.14. The van der Waals surface area contributed by atoms with Gasteiger partial charge >= 0.3 is 0 Å². The van der Waals surface area contributed by atoms with E-state index < -0.39 is 29.7 Å². The Morgan fingerprint density at radius 3 is 2.11 bits per heavy atom. The highest BCUT2D eigenvalue weighted by Gasteiger charge is 2.46. The van der Waals surface area contributed by atoms with E-state index in [9.17, 15) is 19.5 Å². The summed E-state index contributed by atoms with van der Waals surface area (Å²) in [6.45, 7) is 3.66. The van der Waals surface area contributed by atoms with Crippen molar-refractivity contribution in [3.63, 3.8) is 0 Å². The van der Waals surface area contributed by atoms with E-state index in [-0.39, 0.29) is 0 Å². The van der Waals surface area contributed by atoms with Crippen LogP contribution in [0.5, 0.6) is 0 Å². The van der Waals surface area contributed by atoms with Crippen LogP contribution >= 0.6 is 0 Å². The minimum atomic E-state index is -1.83. The van der Waals surface area contributed by atoms with Crippen LogP contribution in [0, 0.1) is 11.8 Å². The number of piperidine rings is 1. The molecule has 2 aromatic rings. The smallest absolute Gasteiger partial charge is 0.254 e. The lowest BCUT2D eigenvalue weighted by Gasteiger charge is -2.35. The second-order valence-corrected chi connectivity index (χ2v) is 9.65. The Morgan fingerprint density at radius 2 is 1.61 bits per heavy atom. The Balaban J connectivity index is 1.60. The number of nitrogens with zero attached hydrogens (tertiary/aromatic N) is 2. The summed E-state index contributed by atoms with van der Waals surface area (Å²) in [7, 11) is 4.53. The molecule has 2 amide bonds. The fourth-order valence-electron chi connectivity index (χ4n) is 4.51. The Kier molecular flexibility index (Phi) is 10.2. The third kappa shape index (κ3) is 6.87. The molecule has 1 saturated heterocycles. The van der Waals surface area contributed by atoms with Gasteiger partial charge in [0.1, 0.15) is 6.61 Å². The molecule has 2 aromatic carbocycles. The fourth-order valence-corrected chi connectivity index (χ4v) is 4.51. The number of methoxy groups -OCH3 is 1. The largest absolute Gasteiger partial charge is 0.388 e. The van der Waals surface area contributed by atoms with Gasteiger partial charge in [0.25, 0.3) is 11.8 Å². The highest BCUT2D eigenvalue weighted by Crippen LogP contribution is 2.19. The lowest BCUT2D eigenvalue weighted by Crippen LogP contribution is -2.62. The van der Waals surface area contributed by atoms with Gasteiger partial charge in [-0.1, -0.05) is 24.0 Å². The molecule has 1 aliphatic rings. The number of Topliss-reactive ketones (excluding diaryl/α,β-unsaturated/α-hetero) is 1. The van der Waals surface area contributed by atoms with E-state index in [1.165, 1.54) is 26.6 Å². The molecule has 0 unspecified atom stereocenters. The van der Waals surface area contributed by atoms with Crippen LogP contribution in [0.3, 0.4) is 0 Å². The molecule has 38 heavy (non-hydrogen) atoms. The average molecular weight is 520 g/mol. The average Bonchev–Trinajstić information content (AvgIpc) is 2.97. The Labute approximate surface area is 225 Å². The molecule has 0 bridgehead atoms. The van der Waals surface area contributed by atoms with Crippen molar-refractivity contribution in [2.24, 2.45) is 0 Å². The van der Waals surface area contributed by atoms with E-state index in [0.717, 1.165) is 54.9 Å². The van der Waals surface area contributed by atoms with Crippen LogP contribution in [0.1, 0.15) is 46.8 Å². The number of benzene rings is 2. The Morgan fingerprint density at radius 1 is 1.05 bits per heavy atom. The number of ketones is 1. The van der Waals surface area contributed by atoms with Crippen molar-refractivity contribution in [1.29, 1.82) is 0 Å². The number of likely N-dealkylation sites (N-methyl/N-ethyl adjacent to an activating group) is 2. The zero-order chi connectivity index (χ0) is 27.7. The zero-order valence-corrected chi connectivity index (χ0v) is 22.6. The first kappa shape index (κ1) is 29.1. The molecule has 1 aliphatic heterocycles. The van der Waals surface area contributed by atoms with Crippen molar-refractivity contribution < 1.29 is 24.2 Å². The first-order chi connectivity index (χ1) is 18.2. The number of hydrogen-bond acceptors (Lipinski definition) is 6. The van der Waals surface area contributed by atoms with Crippen LogP contribution in [-0.4, -0.2) is 91.6 Å². The van der Waals surface area contributed by atoms with Crippen LogP contribution in [0.15, 0.2) is 48.5 Å². The van der Waals surface area contributed by atoms with Gasteiger partial charge in [0.15, 0.2) is 11.3 Å². The Hall–Kier alpha value is -3.51. The molecule has 0 spiro atoms. The second kappa shape index (κ2) is 13.3. The van der Waals surface area contributed by atoms with Gasteiger partial charge in [-0.15, -0.1) is 0 Å². The minimum Gasteiger partial charge on any atom is -0.388 e. The number of nitrogens with one attached hydrogen (secondary N) is 1. The van der Waals surface area contributed by atoms with Crippen molar-refractivity contribution in [2.75, 3.05) is 47.4 Å². The maximum absolute atomic E-state index is 13.0. The van der Waals surface area contributed by atoms with E-state index in [4.69, 9.17) is 4.74 Å². The van der Waals surface area contributed by atoms with Gasteiger partial charge in [-0.2, -0.15) is 0 Å². The molecule has 1 heterocycles. The fraction of sp³-hybridized carbons (Fsp3) is 0.433. The molecular formula is C30H37N3O5. The van der Waals surface area contributed by atoms with Gasteiger partial charge in [-0.3, -0.25) is 14.4 Å². The number of carbonyl (C=O) groups is 3. The van der Waals surface area contributed by atoms with Gasteiger partial charge in [-0.25, -0.2) is 0 Å². The van der Waals surface area contributed by atoms with Crippen LogP contribution < -0.4 is 5.32 Å². The van der Waals surface area contributed by atoms with E-state index in [2.05, 4.69) is 34.2 Å². The first-order valence-electron chi connectivity index (χ1n) is 12.8. The van der Waals surface area contributed by atoms with Crippen molar-refractivity contribution in [1.82, 2.24) is 15.1 Å². The summed E-state index contributed by atoms with van der Waals surface area (Å²) in [5.74, 6) is 4.30. The Bertz CT molecular complexity index is 1160. The predicted octanol–water partition coefficient (Wildman–Crippen LogP) is 1.88. The molecule has 1 atom stereocenters. The topological polar surface area (TPSA) is 99.2 Å². The quantitative estimate of drug-likeness (QED) is 0.388. The third-order valence-electron chi connectivity index (χ3n) is 7.35. The normalized spacial score (nSPS) is 15.6. The van der Waals surface area contributed by atoms with Crippen molar-refractivity contribution in [3.8, 4) is 11.8 Å².